The van der Waals surface area contributed by atoms with Crippen molar-refractivity contribution >= 4 is 11.4 Å². The molecule has 0 aliphatic heterocycles. The van der Waals surface area contributed by atoms with Crippen LogP contribution in [-0.2, 0) is 0 Å². The van der Waals surface area contributed by atoms with Crippen LogP contribution in [0.25, 0.3) is 0 Å². The van der Waals surface area contributed by atoms with Crippen molar-refractivity contribution in [2.45, 2.75) is 13.3 Å². The molecule has 0 saturated carbocycles. The second-order valence-electron chi connectivity index (χ2n) is 5.69. The van der Waals surface area contributed by atoms with E-state index in [1.807, 2.05) is 0 Å². The summed E-state index contributed by atoms with van der Waals surface area (Å²) in [7, 11) is 2.89. The molecule has 2 aromatic rings. The van der Waals surface area contributed by atoms with E-state index in [-0.39, 0.29) is 36.1 Å². The van der Waals surface area contributed by atoms with E-state index in [2.05, 4.69) is 0 Å². The summed E-state index contributed by atoms with van der Waals surface area (Å²) in [5.74, 6) is 1.28. The Morgan fingerprint density at radius 3 is 1.96 bits per heavy atom. The highest BCUT2D eigenvalue weighted by atomic mass is 16.6. The van der Waals surface area contributed by atoms with Crippen LogP contribution in [0.4, 0.5) is 11.4 Å². The molecule has 28 heavy (non-hydrogen) atoms. The minimum Gasteiger partial charge on any atom is -0.493 e. The molecule has 0 heterocycles. The zero-order chi connectivity index (χ0) is 20.7. The number of hydrogen-bond donors (Lipinski definition) is 0. The van der Waals surface area contributed by atoms with Gasteiger partial charge in [0.15, 0.2) is 23.0 Å². The third-order valence-corrected chi connectivity index (χ3v) is 3.84. The second-order valence-corrected chi connectivity index (χ2v) is 5.69. The molecule has 0 saturated heterocycles. The maximum atomic E-state index is 11.1. The molecule has 0 amide bonds. The lowest BCUT2D eigenvalue weighted by Crippen LogP contribution is -2.07. The van der Waals surface area contributed by atoms with E-state index in [0.717, 1.165) is 0 Å². The zero-order valence-corrected chi connectivity index (χ0v) is 15.7. The molecule has 0 aliphatic carbocycles. The Morgan fingerprint density at radius 1 is 0.821 bits per heavy atom. The molecule has 10 nitrogen and oxygen atoms in total. The molecular formula is C18H20N2O8. The average molecular weight is 392 g/mol. The third-order valence-electron chi connectivity index (χ3n) is 3.84. The van der Waals surface area contributed by atoms with Gasteiger partial charge >= 0.3 is 0 Å². The SMILES string of the molecule is COc1ccc([N+](=O)[O-])cc1OCCCOc1cc([N+](=O)[O-])c(C)cc1OC. The van der Waals surface area contributed by atoms with Gasteiger partial charge in [-0.05, 0) is 19.1 Å². The fourth-order valence-corrected chi connectivity index (χ4v) is 2.43. The van der Waals surface area contributed by atoms with Crippen LogP contribution in [0.1, 0.15) is 12.0 Å². The molecule has 0 spiro atoms. The second kappa shape index (κ2) is 9.40. The van der Waals surface area contributed by atoms with Gasteiger partial charge in [0.1, 0.15) is 0 Å². The number of nitro benzene ring substituents is 2. The maximum absolute atomic E-state index is 11.1. The normalized spacial score (nSPS) is 10.2. The lowest BCUT2D eigenvalue weighted by atomic mass is 10.2. The first-order valence-electron chi connectivity index (χ1n) is 8.28. The van der Waals surface area contributed by atoms with Gasteiger partial charge in [-0.25, -0.2) is 0 Å². The first-order valence-corrected chi connectivity index (χ1v) is 8.28. The number of nitrogens with zero attached hydrogens (tertiary/aromatic N) is 2. The number of rotatable bonds is 10. The molecule has 0 atom stereocenters. The van der Waals surface area contributed by atoms with Gasteiger partial charge in [-0.1, -0.05) is 0 Å². The van der Waals surface area contributed by atoms with E-state index in [0.29, 0.717) is 23.5 Å². The molecule has 10 heteroatoms. The first kappa shape index (κ1) is 20.7. The number of benzene rings is 2. The lowest BCUT2D eigenvalue weighted by molar-refractivity contribution is -0.385. The van der Waals surface area contributed by atoms with E-state index in [4.69, 9.17) is 18.9 Å². The largest absolute Gasteiger partial charge is 0.493 e. The van der Waals surface area contributed by atoms with Gasteiger partial charge in [-0.2, -0.15) is 0 Å². The van der Waals surface area contributed by atoms with Crippen molar-refractivity contribution in [3.05, 3.63) is 56.1 Å². The van der Waals surface area contributed by atoms with Crippen LogP contribution in [0.3, 0.4) is 0 Å². The molecule has 0 fully saturated rings. The molecule has 0 unspecified atom stereocenters. The highest BCUT2D eigenvalue weighted by Crippen LogP contribution is 2.34. The number of hydrogen-bond acceptors (Lipinski definition) is 8. The lowest BCUT2D eigenvalue weighted by Gasteiger charge is -2.13. The quantitative estimate of drug-likeness (QED) is 0.341. The van der Waals surface area contributed by atoms with Crippen molar-refractivity contribution in [1.82, 2.24) is 0 Å². The van der Waals surface area contributed by atoms with Gasteiger partial charge in [0, 0.05) is 18.1 Å². The van der Waals surface area contributed by atoms with Gasteiger partial charge in [0.05, 0.1) is 49.4 Å². The van der Waals surface area contributed by atoms with Gasteiger partial charge in [-0.3, -0.25) is 20.2 Å². The predicted octanol–water partition coefficient (Wildman–Crippen LogP) is 3.68. The number of methoxy groups -OCH3 is 2. The van der Waals surface area contributed by atoms with Crippen molar-refractivity contribution in [3.8, 4) is 23.0 Å². The molecule has 2 aromatic carbocycles. The Balaban J connectivity index is 1.97. The molecule has 0 bridgehead atoms. The summed E-state index contributed by atoms with van der Waals surface area (Å²) in [4.78, 5) is 20.9. The Labute approximate surface area is 160 Å². The summed E-state index contributed by atoms with van der Waals surface area (Å²) < 4.78 is 21.4. The van der Waals surface area contributed by atoms with E-state index in [9.17, 15) is 20.2 Å². The number of non-ortho nitro benzene ring substituents is 1. The highest BCUT2D eigenvalue weighted by Gasteiger charge is 2.17. The van der Waals surface area contributed by atoms with Crippen LogP contribution < -0.4 is 18.9 Å². The molecule has 0 aromatic heterocycles. The van der Waals surface area contributed by atoms with Gasteiger partial charge in [0.2, 0.25) is 0 Å². The third kappa shape index (κ3) is 5.00. The molecule has 0 aliphatic rings. The molecule has 150 valence electrons. The summed E-state index contributed by atoms with van der Waals surface area (Å²) in [6.45, 7) is 2.02. The van der Waals surface area contributed by atoms with Crippen molar-refractivity contribution in [2.24, 2.45) is 0 Å². The Bertz CT molecular complexity index is 869. The van der Waals surface area contributed by atoms with E-state index in [1.54, 1.807) is 6.92 Å². The summed E-state index contributed by atoms with van der Waals surface area (Å²) in [5, 5.41) is 21.9. The van der Waals surface area contributed by atoms with Crippen LogP contribution in [0.5, 0.6) is 23.0 Å². The summed E-state index contributed by atoms with van der Waals surface area (Å²) in [6, 6.07) is 6.92. The standard InChI is InChI=1S/C18H20N2O8/c1-12-9-16(26-3)18(11-14(12)20(23)24)28-8-4-7-27-17-10-13(19(21)22)5-6-15(17)25-2/h5-6,9-11H,4,7-8H2,1-3H3. The zero-order valence-electron chi connectivity index (χ0n) is 15.7. The summed E-state index contributed by atoms with van der Waals surface area (Å²) >= 11 is 0. The maximum Gasteiger partial charge on any atom is 0.276 e. The Hall–Kier alpha value is -3.56. The molecular weight excluding hydrogens is 372 g/mol. The Kier molecular flexibility index (Phi) is 6.96. The van der Waals surface area contributed by atoms with Crippen LogP contribution in [0.15, 0.2) is 30.3 Å². The van der Waals surface area contributed by atoms with E-state index in [1.165, 1.54) is 44.6 Å². The van der Waals surface area contributed by atoms with Crippen molar-refractivity contribution in [2.75, 3.05) is 27.4 Å². The van der Waals surface area contributed by atoms with Crippen molar-refractivity contribution < 1.29 is 28.8 Å². The van der Waals surface area contributed by atoms with E-state index >= 15 is 0 Å². The number of aryl methyl sites for hydroxylation is 1. The molecule has 0 radical (unpaired) electrons. The molecule has 0 N–H and O–H groups in total. The fraction of sp³-hybridized carbons (Fsp3) is 0.333. The summed E-state index contributed by atoms with van der Waals surface area (Å²) in [6.07, 6.45) is 0.427. The highest BCUT2D eigenvalue weighted by molar-refractivity contribution is 5.53. The van der Waals surface area contributed by atoms with Crippen molar-refractivity contribution in [3.63, 3.8) is 0 Å². The van der Waals surface area contributed by atoms with Crippen LogP contribution in [0.2, 0.25) is 0 Å². The minimum atomic E-state index is -0.522. The fourth-order valence-electron chi connectivity index (χ4n) is 2.43. The monoisotopic (exact) mass is 392 g/mol. The average Bonchev–Trinajstić information content (AvgIpc) is 2.67. The van der Waals surface area contributed by atoms with Crippen LogP contribution >= 0.6 is 0 Å². The number of nitro groups is 2. The van der Waals surface area contributed by atoms with Crippen LogP contribution in [0, 0.1) is 27.2 Å². The van der Waals surface area contributed by atoms with Gasteiger partial charge in [-0.15, -0.1) is 0 Å². The predicted molar refractivity (Wildman–Crippen MR) is 99.6 cm³/mol. The Morgan fingerprint density at radius 2 is 1.43 bits per heavy atom. The van der Waals surface area contributed by atoms with Crippen molar-refractivity contribution in [1.29, 1.82) is 0 Å². The summed E-state index contributed by atoms with van der Waals surface area (Å²) in [5.41, 5.74) is 0.299. The van der Waals surface area contributed by atoms with Crippen LogP contribution in [-0.4, -0.2) is 37.3 Å². The molecule has 2 rings (SSSR count). The van der Waals surface area contributed by atoms with Gasteiger partial charge in [0.25, 0.3) is 11.4 Å². The minimum absolute atomic E-state index is 0.0617. The smallest absolute Gasteiger partial charge is 0.276 e. The first-order chi connectivity index (χ1) is 13.4. The topological polar surface area (TPSA) is 123 Å². The van der Waals surface area contributed by atoms with Gasteiger partial charge < -0.3 is 18.9 Å². The number of ether oxygens (including phenoxy) is 4. The van der Waals surface area contributed by atoms with E-state index < -0.39 is 9.85 Å².